The van der Waals surface area contributed by atoms with Crippen LogP contribution in [0.1, 0.15) is 25.5 Å². The number of rotatable bonds is 6. The van der Waals surface area contributed by atoms with E-state index in [0.717, 1.165) is 18.4 Å². The van der Waals surface area contributed by atoms with E-state index in [2.05, 4.69) is 25.4 Å². The van der Waals surface area contributed by atoms with Crippen molar-refractivity contribution >= 4 is 27.1 Å². The molecule has 0 spiro atoms. The zero-order chi connectivity index (χ0) is 23.9. The lowest BCUT2D eigenvalue weighted by molar-refractivity contribution is 0.501. The Labute approximate surface area is 188 Å². The molecule has 172 valence electrons. The smallest absolute Gasteiger partial charge is 0.249 e. The highest BCUT2D eigenvalue weighted by atomic mass is 32.2. The topological polar surface area (TPSA) is 128 Å². The Balaban J connectivity index is 1.87. The molecule has 3 aromatic heterocycles. The van der Waals surface area contributed by atoms with E-state index in [1.807, 2.05) is 13.8 Å². The molecule has 4 aromatic rings. The number of aromatic nitrogens is 5. The lowest BCUT2D eigenvalue weighted by atomic mass is 9.95. The number of hydrogen-bond donors (Lipinski definition) is 2. The van der Waals surface area contributed by atoms with E-state index in [4.69, 9.17) is 5.73 Å². The molecular formula is C21H21F2N7O2S. The summed E-state index contributed by atoms with van der Waals surface area (Å²) in [6, 6.07) is 5.82. The Bertz CT molecular complexity index is 1450. The van der Waals surface area contributed by atoms with Gasteiger partial charge < -0.3 is 11.1 Å². The van der Waals surface area contributed by atoms with Crippen molar-refractivity contribution in [1.29, 1.82) is 0 Å². The van der Waals surface area contributed by atoms with E-state index < -0.39 is 32.7 Å². The minimum Gasteiger partial charge on any atom is -0.382 e. The quantitative estimate of drug-likeness (QED) is 0.409. The number of nitrogen functional groups attached to an aromatic ring is 1. The van der Waals surface area contributed by atoms with Crippen molar-refractivity contribution < 1.29 is 17.2 Å². The first-order chi connectivity index (χ1) is 15.5. The van der Waals surface area contributed by atoms with Crippen molar-refractivity contribution in [2.75, 3.05) is 17.3 Å². The average Bonchev–Trinajstić information content (AvgIpc) is 3.07. The number of nitrogens with zero attached hydrogens (tertiary/aromatic N) is 5. The number of hydrogen-bond acceptors (Lipinski definition) is 8. The molecule has 0 saturated carbocycles. The summed E-state index contributed by atoms with van der Waals surface area (Å²) in [5, 5.41) is 6.81. The fourth-order valence-electron chi connectivity index (χ4n) is 3.46. The van der Waals surface area contributed by atoms with Crippen LogP contribution in [0.4, 0.5) is 20.4 Å². The molecule has 33 heavy (non-hydrogen) atoms. The molecule has 3 N–H and O–H groups in total. The molecule has 0 aliphatic rings. The summed E-state index contributed by atoms with van der Waals surface area (Å²) >= 11 is 0. The predicted molar refractivity (Wildman–Crippen MR) is 119 cm³/mol. The summed E-state index contributed by atoms with van der Waals surface area (Å²) < 4.78 is 54.0. The maximum Gasteiger partial charge on any atom is 0.249 e. The fraction of sp³-hybridized carbons (Fsp3) is 0.238. The van der Waals surface area contributed by atoms with Crippen LogP contribution in [0.5, 0.6) is 0 Å². The van der Waals surface area contributed by atoms with Gasteiger partial charge in [0.1, 0.15) is 17.5 Å². The van der Waals surface area contributed by atoms with Crippen molar-refractivity contribution in [2.24, 2.45) is 5.92 Å². The van der Waals surface area contributed by atoms with Crippen LogP contribution in [0.2, 0.25) is 0 Å². The van der Waals surface area contributed by atoms with Crippen LogP contribution in [-0.4, -0.2) is 39.2 Å². The lowest BCUT2D eigenvalue weighted by Crippen LogP contribution is -2.20. The van der Waals surface area contributed by atoms with E-state index in [-0.39, 0.29) is 28.8 Å². The molecule has 1 aromatic carbocycles. The molecule has 0 bridgehead atoms. The van der Waals surface area contributed by atoms with Gasteiger partial charge >= 0.3 is 0 Å². The highest BCUT2D eigenvalue weighted by Crippen LogP contribution is 2.32. The molecule has 0 fully saturated rings. The van der Waals surface area contributed by atoms with Crippen LogP contribution in [-0.2, 0) is 9.84 Å². The maximum absolute atomic E-state index is 14.5. The number of nitrogens with one attached hydrogen (secondary N) is 1. The van der Waals surface area contributed by atoms with Gasteiger partial charge in [-0.05, 0) is 18.1 Å². The van der Waals surface area contributed by atoms with E-state index in [1.165, 1.54) is 16.6 Å². The number of halogens is 2. The number of fused-ring (bicyclic) bond motifs is 1. The van der Waals surface area contributed by atoms with E-state index in [9.17, 15) is 17.2 Å². The fourth-order valence-corrected chi connectivity index (χ4v) is 3.99. The second kappa shape index (κ2) is 8.35. The number of nitrogens with two attached hydrogens (primary N) is 1. The van der Waals surface area contributed by atoms with Crippen LogP contribution in [0, 0.1) is 17.6 Å². The molecule has 4 rings (SSSR count). The van der Waals surface area contributed by atoms with Crippen molar-refractivity contribution in [3.63, 3.8) is 0 Å². The van der Waals surface area contributed by atoms with Crippen LogP contribution < -0.4 is 11.1 Å². The number of anilines is 2. The second-order valence-electron chi connectivity index (χ2n) is 7.87. The van der Waals surface area contributed by atoms with Crippen LogP contribution in [0.3, 0.4) is 0 Å². The Morgan fingerprint density at radius 1 is 1.15 bits per heavy atom. The van der Waals surface area contributed by atoms with Crippen LogP contribution in [0.25, 0.3) is 16.9 Å². The van der Waals surface area contributed by atoms with E-state index >= 15 is 0 Å². The van der Waals surface area contributed by atoms with Crippen molar-refractivity contribution in [2.45, 2.75) is 25.0 Å². The zero-order valence-electron chi connectivity index (χ0n) is 18.0. The Morgan fingerprint density at radius 3 is 2.58 bits per heavy atom. The van der Waals surface area contributed by atoms with Gasteiger partial charge in [-0.2, -0.15) is 0 Å². The third-order valence-corrected chi connectivity index (χ3v) is 5.83. The first kappa shape index (κ1) is 22.5. The summed E-state index contributed by atoms with van der Waals surface area (Å²) in [5.74, 6) is -1.36. The van der Waals surface area contributed by atoms with Gasteiger partial charge in [-0.25, -0.2) is 36.7 Å². The normalized spacial score (nSPS) is 12.9. The molecule has 3 heterocycles. The van der Waals surface area contributed by atoms with E-state index in [1.54, 1.807) is 18.5 Å². The average molecular weight is 474 g/mol. The molecule has 0 saturated heterocycles. The molecule has 1 atom stereocenters. The van der Waals surface area contributed by atoms with Gasteiger partial charge in [0.2, 0.25) is 15.0 Å². The van der Waals surface area contributed by atoms with E-state index in [0.29, 0.717) is 11.2 Å². The van der Waals surface area contributed by atoms with Gasteiger partial charge in [0, 0.05) is 36.3 Å². The number of benzene rings is 1. The molecule has 9 nitrogen and oxygen atoms in total. The minimum atomic E-state index is -3.81. The second-order valence-corrected chi connectivity index (χ2v) is 9.78. The monoisotopic (exact) mass is 473 g/mol. The maximum atomic E-state index is 14.5. The number of sulfone groups is 1. The van der Waals surface area contributed by atoms with Crippen LogP contribution >= 0.6 is 0 Å². The molecule has 0 radical (unpaired) electrons. The SMILES string of the molecule is CC(C)[C@@H](Nc1cc(-c2c(N)nn3cccnc23)nc(S(C)(=O)=O)n1)c1ccc(F)cc1F. The molecule has 0 aliphatic heterocycles. The molecule has 0 unspecified atom stereocenters. The van der Waals surface area contributed by atoms with Gasteiger partial charge in [0.15, 0.2) is 11.5 Å². The van der Waals surface area contributed by atoms with Gasteiger partial charge in [0.05, 0.1) is 17.3 Å². The predicted octanol–water partition coefficient (Wildman–Crippen LogP) is 3.26. The highest BCUT2D eigenvalue weighted by molar-refractivity contribution is 7.90. The van der Waals surface area contributed by atoms with Crippen molar-refractivity contribution in [3.05, 3.63) is 59.9 Å². The summed E-state index contributed by atoms with van der Waals surface area (Å²) in [6.07, 6.45) is 4.17. The summed E-state index contributed by atoms with van der Waals surface area (Å²) in [7, 11) is -3.81. The third kappa shape index (κ3) is 4.46. The van der Waals surface area contributed by atoms with Gasteiger partial charge in [-0.1, -0.05) is 19.9 Å². The largest absolute Gasteiger partial charge is 0.382 e. The zero-order valence-corrected chi connectivity index (χ0v) is 18.8. The first-order valence-electron chi connectivity index (χ1n) is 9.94. The molecule has 0 amide bonds. The lowest BCUT2D eigenvalue weighted by Gasteiger charge is -2.24. The highest BCUT2D eigenvalue weighted by Gasteiger charge is 2.24. The van der Waals surface area contributed by atoms with Gasteiger partial charge in [-0.3, -0.25) is 0 Å². The van der Waals surface area contributed by atoms with Crippen molar-refractivity contribution in [3.8, 4) is 11.3 Å². The van der Waals surface area contributed by atoms with Gasteiger partial charge in [-0.15, -0.1) is 5.10 Å². The first-order valence-corrected chi connectivity index (χ1v) is 11.8. The Hall–Kier alpha value is -3.67. The standard InChI is InChI=1S/C21H21F2N7O2S/c1-11(2)18(13-6-5-12(22)9-14(13)23)27-16-10-15(26-21(28-16)33(3,31)32)17-19(24)29-30-8-4-7-25-20(17)30/h4-11,18H,1-3H3,(H2,24,29)(H,26,27,28)/t18-/m1/s1. The summed E-state index contributed by atoms with van der Waals surface area (Å²) in [5.41, 5.74) is 7.19. The minimum absolute atomic E-state index is 0.0998. The molecule has 12 heteroatoms. The van der Waals surface area contributed by atoms with Gasteiger partial charge in [0.25, 0.3) is 0 Å². The summed E-state index contributed by atoms with van der Waals surface area (Å²) in [4.78, 5) is 12.6. The van der Waals surface area contributed by atoms with Crippen molar-refractivity contribution in [1.82, 2.24) is 24.6 Å². The molecular weight excluding hydrogens is 452 g/mol. The summed E-state index contributed by atoms with van der Waals surface area (Å²) in [6.45, 7) is 3.68. The Morgan fingerprint density at radius 2 is 1.91 bits per heavy atom. The van der Waals surface area contributed by atoms with Crippen LogP contribution in [0.15, 0.2) is 47.9 Å². The molecule has 0 aliphatic carbocycles. The third-order valence-electron chi connectivity index (χ3n) is 4.98. The Kier molecular flexibility index (Phi) is 5.70.